The van der Waals surface area contributed by atoms with Crippen molar-refractivity contribution in [3.63, 3.8) is 0 Å². The molecule has 0 amide bonds. The molecule has 25 heavy (non-hydrogen) atoms. The van der Waals surface area contributed by atoms with Gasteiger partial charge in [-0.3, -0.25) is 0 Å². The summed E-state index contributed by atoms with van der Waals surface area (Å²) >= 11 is 0. The molecule has 1 spiro atoms. The summed E-state index contributed by atoms with van der Waals surface area (Å²) in [7, 11) is 0. The summed E-state index contributed by atoms with van der Waals surface area (Å²) in [5, 5.41) is 10.7. The fraction of sp³-hybridized carbons (Fsp3) is 0.632. The second-order valence-electron chi connectivity index (χ2n) is 7.95. The van der Waals surface area contributed by atoms with Crippen LogP contribution in [0.3, 0.4) is 0 Å². The Morgan fingerprint density at radius 3 is 2.48 bits per heavy atom. The number of halogens is 3. The fourth-order valence-corrected chi connectivity index (χ4v) is 4.63. The van der Waals surface area contributed by atoms with Crippen LogP contribution in [0.1, 0.15) is 62.1 Å². The summed E-state index contributed by atoms with van der Waals surface area (Å²) in [6.07, 6.45) is 0.592. The van der Waals surface area contributed by atoms with E-state index in [2.05, 4.69) is 37.4 Å². The lowest BCUT2D eigenvalue weighted by molar-refractivity contribution is -0.192. The van der Waals surface area contributed by atoms with E-state index in [0.717, 1.165) is 12.5 Å². The Bertz CT molecular complexity index is 678. The van der Waals surface area contributed by atoms with Crippen LogP contribution in [-0.4, -0.2) is 23.8 Å². The van der Waals surface area contributed by atoms with Crippen molar-refractivity contribution in [2.24, 2.45) is 5.41 Å². The number of benzene rings is 1. The summed E-state index contributed by atoms with van der Waals surface area (Å²) in [6.45, 7) is 7.24. The zero-order chi connectivity index (χ0) is 18.5. The highest BCUT2D eigenvalue weighted by Crippen LogP contribution is 2.67. The molecule has 4 rings (SSSR count). The van der Waals surface area contributed by atoms with Gasteiger partial charge in [-0.1, -0.05) is 32.0 Å². The largest absolute Gasteiger partial charge is 0.490 e. The van der Waals surface area contributed by atoms with Gasteiger partial charge in [-0.15, -0.1) is 0 Å². The van der Waals surface area contributed by atoms with Gasteiger partial charge < -0.3 is 10.4 Å². The zero-order valence-corrected chi connectivity index (χ0v) is 14.5. The predicted molar refractivity (Wildman–Crippen MR) is 88.5 cm³/mol. The van der Waals surface area contributed by atoms with E-state index in [9.17, 15) is 13.2 Å². The van der Waals surface area contributed by atoms with Crippen LogP contribution in [0.15, 0.2) is 18.2 Å². The number of hydrogen-bond acceptors (Lipinski definition) is 2. The molecule has 138 valence electrons. The summed E-state index contributed by atoms with van der Waals surface area (Å²) in [6, 6.07) is 7.03. The number of carboxylic acids is 1. The first kappa shape index (κ1) is 18.2. The maximum Gasteiger partial charge on any atom is 0.490 e. The molecule has 2 N–H and O–H groups in total. The van der Waals surface area contributed by atoms with E-state index in [0.29, 0.717) is 10.8 Å². The van der Waals surface area contributed by atoms with Crippen molar-refractivity contribution in [1.29, 1.82) is 0 Å². The molecule has 6 heteroatoms. The van der Waals surface area contributed by atoms with Gasteiger partial charge in [0.1, 0.15) is 0 Å². The first-order chi connectivity index (χ1) is 11.6. The molecule has 1 aliphatic heterocycles. The highest BCUT2D eigenvalue weighted by molar-refractivity contribution is 5.73. The lowest BCUT2D eigenvalue weighted by Crippen LogP contribution is -2.37. The monoisotopic (exact) mass is 355 g/mol. The van der Waals surface area contributed by atoms with Gasteiger partial charge in [-0.2, -0.15) is 13.2 Å². The van der Waals surface area contributed by atoms with Crippen molar-refractivity contribution in [3.05, 3.63) is 34.9 Å². The minimum atomic E-state index is -5.08. The number of carboxylic acid groups (broad SMARTS) is 1. The van der Waals surface area contributed by atoms with Crippen LogP contribution in [0.25, 0.3) is 0 Å². The van der Waals surface area contributed by atoms with Crippen molar-refractivity contribution in [2.75, 3.05) is 6.54 Å². The topological polar surface area (TPSA) is 49.3 Å². The average molecular weight is 355 g/mol. The second-order valence-corrected chi connectivity index (χ2v) is 7.95. The Morgan fingerprint density at radius 1 is 1.28 bits per heavy atom. The first-order valence-corrected chi connectivity index (χ1v) is 8.72. The standard InChI is InChI=1S/C17H23N.C2HF3O2/c1-16(2)14-5-3-4-13-11-18-9-6-12(15(13)14)10-17(16)7-8-17;3-2(4,5)1(6)7/h3-5,12,18H,6-11H2,1-2H3;(H,6,7)/t12-;/m0./s1. The predicted octanol–water partition coefficient (Wildman–Crippen LogP) is 4.36. The molecule has 0 unspecified atom stereocenters. The molecule has 1 heterocycles. The zero-order valence-electron chi connectivity index (χ0n) is 14.5. The van der Waals surface area contributed by atoms with Gasteiger partial charge in [0, 0.05) is 6.54 Å². The van der Waals surface area contributed by atoms with Gasteiger partial charge in [0.15, 0.2) is 0 Å². The van der Waals surface area contributed by atoms with E-state index in [1.165, 1.54) is 32.2 Å². The Balaban J connectivity index is 0.000000225. The third-order valence-corrected chi connectivity index (χ3v) is 6.32. The van der Waals surface area contributed by atoms with E-state index >= 15 is 0 Å². The van der Waals surface area contributed by atoms with Crippen LogP contribution in [-0.2, 0) is 16.8 Å². The quantitative estimate of drug-likeness (QED) is 0.727. The maximum atomic E-state index is 10.6. The van der Waals surface area contributed by atoms with Crippen LogP contribution < -0.4 is 5.32 Å². The highest BCUT2D eigenvalue weighted by atomic mass is 19.4. The Kier molecular flexibility index (Phi) is 4.38. The van der Waals surface area contributed by atoms with E-state index in [4.69, 9.17) is 9.90 Å². The lowest BCUT2D eigenvalue weighted by Gasteiger charge is -2.45. The molecule has 1 saturated carbocycles. The van der Waals surface area contributed by atoms with Crippen LogP contribution >= 0.6 is 0 Å². The number of alkyl halides is 3. The summed E-state index contributed by atoms with van der Waals surface area (Å²) in [5.74, 6) is -1.94. The van der Waals surface area contributed by atoms with Gasteiger partial charge >= 0.3 is 12.1 Å². The molecule has 3 aliphatic rings. The minimum Gasteiger partial charge on any atom is -0.475 e. The lowest BCUT2D eigenvalue weighted by atomic mass is 9.59. The van der Waals surface area contributed by atoms with Gasteiger partial charge in [0.2, 0.25) is 0 Å². The van der Waals surface area contributed by atoms with E-state index in [1.807, 2.05) is 0 Å². The maximum absolute atomic E-state index is 10.6. The van der Waals surface area contributed by atoms with Gasteiger partial charge in [-0.25, -0.2) is 4.79 Å². The summed E-state index contributed by atoms with van der Waals surface area (Å²) in [5.41, 5.74) is 5.97. The molecule has 0 radical (unpaired) electrons. The minimum absolute atomic E-state index is 0.388. The molecule has 0 bridgehead atoms. The summed E-state index contributed by atoms with van der Waals surface area (Å²) < 4.78 is 31.7. The van der Waals surface area contributed by atoms with Crippen molar-refractivity contribution in [2.45, 2.75) is 63.6 Å². The number of aliphatic carboxylic acids is 1. The SMILES string of the molecule is CC1(C)c2cccc3c2[C@@H](CCNC3)CC12CC2.O=C(O)C(F)(F)F. The molecular formula is C19H24F3NO2. The molecule has 0 aromatic heterocycles. The molecule has 2 aliphatic carbocycles. The first-order valence-electron chi connectivity index (χ1n) is 8.72. The Morgan fingerprint density at radius 2 is 1.92 bits per heavy atom. The van der Waals surface area contributed by atoms with Crippen LogP contribution in [0, 0.1) is 5.41 Å². The average Bonchev–Trinajstić information content (AvgIpc) is 3.31. The second kappa shape index (κ2) is 6.01. The Labute approximate surface area is 145 Å². The molecule has 0 saturated heterocycles. The van der Waals surface area contributed by atoms with E-state index in [1.54, 1.807) is 16.7 Å². The number of hydrogen-bond donors (Lipinski definition) is 2. The van der Waals surface area contributed by atoms with Crippen molar-refractivity contribution < 1.29 is 23.1 Å². The van der Waals surface area contributed by atoms with Crippen LogP contribution in [0.5, 0.6) is 0 Å². The molecule has 1 aromatic rings. The van der Waals surface area contributed by atoms with Crippen molar-refractivity contribution in [3.8, 4) is 0 Å². The van der Waals surface area contributed by atoms with Crippen LogP contribution in [0.4, 0.5) is 13.2 Å². The number of rotatable bonds is 0. The van der Waals surface area contributed by atoms with E-state index < -0.39 is 12.1 Å². The normalized spacial score (nSPS) is 25.2. The molecule has 3 nitrogen and oxygen atoms in total. The molecular weight excluding hydrogens is 331 g/mol. The van der Waals surface area contributed by atoms with Gasteiger partial charge in [0.05, 0.1) is 0 Å². The van der Waals surface area contributed by atoms with Crippen molar-refractivity contribution >= 4 is 5.97 Å². The molecule has 1 aromatic carbocycles. The third-order valence-electron chi connectivity index (χ3n) is 6.32. The van der Waals surface area contributed by atoms with Gasteiger partial charge in [0.25, 0.3) is 0 Å². The summed E-state index contributed by atoms with van der Waals surface area (Å²) in [4.78, 5) is 8.90. The fourth-order valence-electron chi connectivity index (χ4n) is 4.63. The number of carbonyl (C=O) groups is 1. The van der Waals surface area contributed by atoms with E-state index in [-0.39, 0.29) is 0 Å². The highest BCUT2D eigenvalue weighted by Gasteiger charge is 2.58. The molecule has 1 atom stereocenters. The smallest absolute Gasteiger partial charge is 0.475 e. The molecule has 1 fully saturated rings. The number of nitrogens with one attached hydrogen (secondary N) is 1. The van der Waals surface area contributed by atoms with Crippen molar-refractivity contribution in [1.82, 2.24) is 5.32 Å². The van der Waals surface area contributed by atoms with Gasteiger partial charge in [-0.05, 0) is 65.7 Å². The third kappa shape index (κ3) is 3.16. The van der Waals surface area contributed by atoms with Crippen LogP contribution in [0.2, 0.25) is 0 Å². The Hall–Kier alpha value is -1.56.